The molecule has 1 fully saturated rings. The van der Waals surface area contributed by atoms with Crippen LogP contribution in [0, 0.1) is 11.7 Å². The number of likely N-dealkylation sites (tertiary alicyclic amines) is 1. The molecule has 0 saturated carbocycles. The number of hydrogen-bond donors (Lipinski definition) is 1. The molecular formula is C17H26ClFN2O3. The Hall–Kier alpha value is -1.21. The number of amides is 1. The lowest BCUT2D eigenvalue weighted by atomic mass is 10.1. The molecule has 2 rings (SSSR count). The molecular weight excluding hydrogens is 335 g/mol. The van der Waals surface area contributed by atoms with E-state index in [2.05, 4.69) is 5.32 Å². The van der Waals surface area contributed by atoms with Crippen LogP contribution in [0.5, 0.6) is 0 Å². The van der Waals surface area contributed by atoms with Crippen molar-refractivity contribution in [3.8, 4) is 0 Å². The van der Waals surface area contributed by atoms with Gasteiger partial charge in [0.25, 0.3) is 5.91 Å². The van der Waals surface area contributed by atoms with Crippen LogP contribution < -0.4 is 5.32 Å². The number of nitrogens with zero attached hydrogens (tertiary/aromatic N) is 1. The first-order valence-corrected chi connectivity index (χ1v) is 7.94. The Bertz CT molecular complexity index is 531. The van der Waals surface area contributed by atoms with Gasteiger partial charge in [0.05, 0.1) is 19.8 Å². The summed E-state index contributed by atoms with van der Waals surface area (Å²) in [6, 6.07) is 4.47. The Morgan fingerprint density at radius 1 is 1.42 bits per heavy atom. The number of carbonyl (C=O) groups excluding carboxylic acids is 1. The number of benzene rings is 1. The number of rotatable bonds is 8. The van der Waals surface area contributed by atoms with E-state index in [-0.39, 0.29) is 30.7 Å². The molecule has 0 aromatic heterocycles. The molecule has 0 bridgehead atoms. The first-order valence-electron chi connectivity index (χ1n) is 7.94. The first kappa shape index (κ1) is 20.8. The van der Waals surface area contributed by atoms with E-state index in [9.17, 15) is 9.18 Å². The maximum atomic E-state index is 13.8. The fraction of sp³-hybridized carbons (Fsp3) is 0.588. The standard InChI is InChI=1S/C17H25FN2O3.ClH/c1-19-10-13-5-6-20(11-13)17(21)14-3-4-16(18)15(9-14)12-23-8-7-22-2;/h3-4,9,13,19H,5-8,10-12H2,1-2H3;1H. The summed E-state index contributed by atoms with van der Waals surface area (Å²) in [5.41, 5.74) is 0.916. The minimum absolute atomic E-state index is 0. The quantitative estimate of drug-likeness (QED) is 0.721. The third kappa shape index (κ3) is 5.70. The second-order valence-electron chi connectivity index (χ2n) is 5.82. The topological polar surface area (TPSA) is 50.8 Å². The lowest BCUT2D eigenvalue weighted by Gasteiger charge is -2.17. The van der Waals surface area contributed by atoms with Crippen molar-refractivity contribution in [1.82, 2.24) is 10.2 Å². The van der Waals surface area contributed by atoms with Gasteiger partial charge in [-0.3, -0.25) is 4.79 Å². The highest BCUT2D eigenvalue weighted by Gasteiger charge is 2.26. The maximum absolute atomic E-state index is 13.8. The second-order valence-corrected chi connectivity index (χ2v) is 5.82. The van der Waals surface area contributed by atoms with E-state index in [1.807, 2.05) is 11.9 Å². The van der Waals surface area contributed by atoms with Crippen molar-refractivity contribution in [3.63, 3.8) is 0 Å². The highest BCUT2D eigenvalue weighted by molar-refractivity contribution is 5.94. The van der Waals surface area contributed by atoms with Crippen LogP contribution in [-0.4, -0.2) is 57.8 Å². The molecule has 1 unspecified atom stereocenters. The van der Waals surface area contributed by atoms with Crippen LogP contribution in [0.2, 0.25) is 0 Å². The van der Waals surface area contributed by atoms with Crippen LogP contribution >= 0.6 is 12.4 Å². The van der Waals surface area contributed by atoms with E-state index in [4.69, 9.17) is 9.47 Å². The molecule has 1 amide bonds. The Morgan fingerprint density at radius 3 is 2.92 bits per heavy atom. The number of hydrogen-bond acceptors (Lipinski definition) is 4. The van der Waals surface area contributed by atoms with Crippen molar-refractivity contribution in [1.29, 1.82) is 0 Å². The summed E-state index contributed by atoms with van der Waals surface area (Å²) in [5, 5.41) is 3.14. The zero-order valence-corrected chi connectivity index (χ0v) is 15.0. The van der Waals surface area contributed by atoms with Crippen molar-refractivity contribution in [3.05, 3.63) is 35.1 Å². The molecule has 5 nitrogen and oxygen atoms in total. The second kappa shape index (κ2) is 10.6. The van der Waals surface area contributed by atoms with Gasteiger partial charge in [-0.05, 0) is 44.1 Å². The van der Waals surface area contributed by atoms with E-state index in [0.717, 1.165) is 26.1 Å². The van der Waals surface area contributed by atoms with Crippen molar-refractivity contribution in [2.45, 2.75) is 13.0 Å². The predicted octanol–water partition coefficient (Wildman–Crippen LogP) is 2.09. The van der Waals surface area contributed by atoms with E-state index >= 15 is 0 Å². The molecule has 1 aliphatic rings. The van der Waals surface area contributed by atoms with E-state index in [0.29, 0.717) is 30.3 Å². The van der Waals surface area contributed by atoms with Crippen LogP contribution in [0.4, 0.5) is 4.39 Å². The van der Waals surface area contributed by atoms with Crippen LogP contribution in [0.1, 0.15) is 22.3 Å². The molecule has 1 aliphatic heterocycles. The minimum Gasteiger partial charge on any atom is -0.382 e. The zero-order chi connectivity index (χ0) is 16.7. The van der Waals surface area contributed by atoms with Crippen LogP contribution in [0.25, 0.3) is 0 Å². The van der Waals surface area contributed by atoms with E-state index in [1.54, 1.807) is 19.2 Å². The van der Waals surface area contributed by atoms with Gasteiger partial charge in [0.2, 0.25) is 0 Å². The van der Waals surface area contributed by atoms with E-state index < -0.39 is 0 Å². The van der Waals surface area contributed by atoms with Crippen molar-refractivity contribution in [2.75, 3.05) is 47.0 Å². The highest BCUT2D eigenvalue weighted by atomic mass is 35.5. The van der Waals surface area contributed by atoms with Crippen molar-refractivity contribution in [2.24, 2.45) is 5.92 Å². The van der Waals surface area contributed by atoms with Crippen molar-refractivity contribution < 1.29 is 18.7 Å². The summed E-state index contributed by atoms with van der Waals surface area (Å²) in [7, 11) is 3.50. The molecule has 24 heavy (non-hydrogen) atoms. The van der Waals surface area contributed by atoms with Crippen LogP contribution in [-0.2, 0) is 16.1 Å². The summed E-state index contributed by atoms with van der Waals surface area (Å²) in [4.78, 5) is 14.4. The zero-order valence-electron chi connectivity index (χ0n) is 14.2. The molecule has 1 aromatic rings. The number of halogens is 2. The number of ether oxygens (including phenoxy) is 2. The third-order valence-electron chi connectivity index (χ3n) is 4.05. The number of carbonyl (C=O) groups is 1. The largest absolute Gasteiger partial charge is 0.382 e. The lowest BCUT2D eigenvalue weighted by Crippen LogP contribution is -2.30. The Kier molecular flexibility index (Phi) is 9.21. The molecule has 1 aromatic carbocycles. The molecule has 0 aliphatic carbocycles. The number of nitrogens with one attached hydrogen (secondary N) is 1. The fourth-order valence-corrected chi connectivity index (χ4v) is 2.80. The van der Waals surface area contributed by atoms with Gasteiger partial charge in [-0.25, -0.2) is 4.39 Å². The normalized spacial score (nSPS) is 17.0. The SMILES string of the molecule is CNCC1CCN(C(=O)c2ccc(F)c(COCCOC)c2)C1.Cl. The molecule has 1 saturated heterocycles. The molecule has 1 atom stereocenters. The molecule has 136 valence electrons. The van der Waals surface area contributed by atoms with Gasteiger partial charge < -0.3 is 19.7 Å². The monoisotopic (exact) mass is 360 g/mol. The average molecular weight is 361 g/mol. The Labute approximate surface area is 148 Å². The maximum Gasteiger partial charge on any atom is 0.253 e. The van der Waals surface area contributed by atoms with Gasteiger partial charge in [0, 0.05) is 31.3 Å². The highest BCUT2D eigenvalue weighted by Crippen LogP contribution is 2.20. The lowest BCUT2D eigenvalue weighted by molar-refractivity contribution is 0.0603. The summed E-state index contributed by atoms with van der Waals surface area (Å²) in [5.74, 6) is 0.0939. The third-order valence-corrected chi connectivity index (χ3v) is 4.05. The summed E-state index contributed by atoms with van der Waals surface area (Å²) in [6.07, 6.45) is 1.00. The molecule has 7 heteroatoms. The predicted molar refractivity (Wildman–Crippen MR) is 93.1 cm³/mol. The smallest absolute Gasteiger partial charge is 0.253 e. The van der Waals surface area contributed by atoms with Gasteiger partial charge in [0.15, 0.2) is 0 Å². The van der Waals surface area contributed by atoms with Gasteiger partial charge in [0.1, 0.15) is 5.82 Å². The van der Waals surface area contributed by atoms with Crippen LogP contribution in [0.15, 0.2) is 18.2 Å². The summed E-state index contributed by atoms with van der Waals surface area (Å²) in [6.45, 7) is 3.40. The van der Waals surface area contributed by atoms with Gasteiger partial charge in [-0.1, -0.05) is 0 Å². The molecule has 1 heterocycles. The number of methoxy groups -OCH3 is 1. The summed E-state index contributed by atoms with van der Waals surface area (Å²) < 4.78 is 24.1. The van der Waals surface area contributed by atoms with E-state index in [1.165, 1.54) is 6.07 Å². The minimum atomic E-state index is -0.353. The summed E-state index contributed by atoms with van der Waals surface area (Å²) >= 11 is 0. The Balaban J connectivity index is 0.00000288. The first-order chi connectivity index (χ1) is 11.2. The Morgan fingerprint density at radius 2 is 2.21 bits per heavy atom. The van der Waals surface area contributed by atoms with Gasteiger partial charge in [-0.15, -0.1) is 12.4 Å². The van der Waals surface area contributed by atoms with Crippen molar-refractivity contribution >= 4 is 18.3 Å². The van der Waals surface area contributed by atoms with Crippen LogP contribution in [0.3, 0.4) is 0 Å². The molecule has 1 N–H and O–H groups in total. The van der Waals surface area contributed by atoms with Gasteiger partial charge in [-0.2, -0.15) is 0 Å². The molecule has 0 spiro atoms. The average Bonchev–Trinajstić information content (AvgIpc) is 3.01. The molecule has 0 radical (unpaired) electrons. The fourth-order valence-electron chi connectivity index (χ4n) is 2.80. The van der Waals surface area contributed by atoms with Gasteiger partial charge >= 0.3 is 0 Å².